The highest BCUT2D eigenvalue weighted by molar-refractivity contribution is 8.00. The first kappa shape index (κ1) is 27.2. The summed E-state index contributed by atoms with van der Waals surface area (Å²) in [5.74, 6) is -0.954. The van der Waals surface area contributed by atoms with Crippen LogP contribution in [0.15, 0.2) is 70.6 Å². The molecule has 7 nitrogen and oxygen atoms in total. The SMILES string of the molecule is COCCNC(=O)c1ccc2c(=O)n(-c3cccc(F)c3)c(S[C@@H](C)C(=O)c3ccc(C)c(C)c3)nc2c1. The van der Waals surface area contributed by atoms with Crippen LogP contribution in [-0.4, -0.2) is 46.8 Å². The number of methoxy groups -OCH3 is 1. The zero-order chi connectivity index (χ0) is 27.4. The maximum absolute atomic E-state index is 14.1. The van der Waals surface area contributed by atoms with Crippen LogP contribution < -0.4 is 10.9 Å². The molecule has 0 unspecified atom stereocenters. The summed E-state index contributed by atoms with van der Waals surface area (Å²) in [6.45, 7) is 6.36. The molecule has 0 bridgehead atoms. The fraction of sp³-hybridized carbons (Fsp3) is 0.241. The fourth-order valence-electron chi connectivity index (χ4n) is 3.94. The van der Waals surface area contributed by atoms with Gasteiger partial charge in [-0.05, 0) is 74.4 Å². The zero-order valence-electron chi connectivity index (χ0n) is 21.6. The van der Waals surface area contributed by atoms with Gasteiger partial charge in [-0.3, -0.25) is 19.0 Å². The van der Waals surface area contributed by atoms with Crippen molar-refractivity contribution in [2.24, 2.45) is 0 Å². The van der Waals surface area contributed by atoms with Gasteiger partial charge in [0.1, 0.15) is 5.82 Å². The third kappa shape index (κ3) is 5.84. The van der Waals surface area contributed by atoms with Gasteiger partial charge in [0.25, 0.3) is 11.5 Å². The van der Waals surface area contributed by atoms with Gasteiger partial charge >= 0.3 is 0 Å². The van der Waals surface area contributed by atoms with Crippen molar-refractivity contribution in [2.45, 2.75) is 31.2 Å². The number of nitrogens with one attached hydrogen (secondary N) is 1. The molecule has 0 aliphatic carbocycles. The standard InChI is InChI=1S/C29H28FN3O4S/c1-17-8-9-20(14-18(17)2)26(34)19(3)38-29-32-25-15-21(27(35)31-12-13-37-4)10-11-24(25)28(36)33(29)23-7-5-6-22(30)16-23/h5-11,14-16,19H,12-13H2,1-4H3,(H,31,35)/t19-/m0/s1. The Hall–Kier alpha value is -3.82. The van der Waals surface area contributed by atoms with Gasteiger partial charge in [0.05, 0.1) is 28.4 Å². The van der Waals surface area contributed by atoms with Crippen LogP contribution in [0.1, 0.15) is 38.8 Å². The molecule has 9 heteroatoms. The van der Waals surface area contributed by atoms with Gasteiger partial charge in [-0.1, -0.05) is 30.0 Å². The van der Waals surface area contributed by atoms with Crippen LogP contribution in [0.5, 0.6) is 0 Å². The van der Waals surface area contributed by atoms with Crippen LogP contribution in [0.25, 0.3) is 16.6 Å². The summed E-state index contributed by atoms with van der Waals surface area (Å²) in [5, 5.41) is 2.63. The van der Waals surface area contributed by atoms with Crippen LogP contribution in [0.3, 0.4) is 0 Å². The molecular formula is C29H28FN3O4S. The van der Waals surface area contributed by atoms with Crippen LogP contribution >= 0.6 is 11.8 Å². The Morgan fingerprint density at radius 3 is 2.53 bits per heavy atom. The molecule has 0 spiro atoms. The third-order valence-corrected chi connectivity index (χ3v) is 7.25. The lowest BCUT2D eigenvalue weighted by Gasteiger charge is -2.17. The van der Waals surface area contributed by atoms with Gasteiger partial charge in [-0.2, -0.15) is 0 Å². The lowest BCUT2D eigenvalue weighted by molar-refractivity contribution is 0.0936. The molecule has 196 valence electrons. The van der Waals surface area contributed by atoms with Crippen LogP contribution in [0, 0.1) is 19.7 Å². The van der Waals surface area contributed by atoms with Gasteiger partial charge in [0.2, 0.25) is 0 Å². The van der Waals surface area contributed by atoms with E-state index in [0.717, 1.165) is 22.9 Å². The summed E-state index contributed by atoms with van der Waals surface area (Å²) in [7, 11) is 1.54. The van der Waals surface area contributed by atoms with Crippen molar-refractivity contribution >= 4 is 34.4 Å². The number of hydrogen-bond acceptors (Lipinski definition) is 6. The quantitative estimate of drug-likeness (QED) is 0.143. The van der Waals surface area contributed by atoms with Gasteiger partial charge in [-0.25, -0.2) is 9.37 Å². The van der Waals surface area contributed by atoms with E-state index in [2.05, 4.69) is 10.3 Å². The molecule has 0 aliphatic heterocycles. The molecule has 1 heterocycles. The van der Waals surface area contributed by atoms with Crippen molar-refractivity contribution in [3.05, 3.63) is 99.1 Å². The van der Waals surface area contributed by atoms with Crippen molar-refractivity contribution < 1.29 is 18.7 Å². The van der Waals surface area contributed by atoms with E-state index in [9.17, 15) is 18.8 Å². The first-order valence-corrected chi connectivity index (χ1v) is 13.0. The molecule has 1 amide bonds. The molecule has 4 aromatic rings. The summed E-state index contributed by atoms with van der Waals surface area (Å²) >= 11 is 1.11. The molecule has 38 heavy (non-hydrogen) atoms. The Balaban J connectivity index is 1.79. The smallest absolute Gasteiger partial charge is 0.266 e. The lowest BCUT2D eigenvalue weighted by atomic mass is 10.0. The van der Waals surface area contributed by atoms with Crippen LogP contribution in [-0.2, 0) is 4.74 Å². The van der Waals surface area contributed by atoms with Gasteiger partial charge < -0.3 is 10.1 Å². The van der Waals surface area contributed by atoms with E-state index in [-0.39, 0.29) is 22.2 Å². The molecule has 1 N–H and O–H groups in total. The first-order valence-electron chi connectivity index (χ1n) is 12.1. The molecule has 1 atom stereocenters. The minimum atomic E-state index is -0.596. The van der Waals surface area contributed by atoms with E-state index in [1.165, 1.54) is 34.9 Å². The Labute approximate surface area is 224 Å². The van der Waals surface area contributed by atoms with Crippen molar-refractivity contribution in [3.63, 3.8) is 0 Å². The maximum atomic E-state index is 14.1. The molecule has 3 aromatic carbocycles. The lowest BCUT2D eigenvalue weighted by Crippen LogP contribution is -2.27. The van der Waals surface area contributed by atoms with E-state index in [4.69, 9.17) is 4.74 Å². The van der Waals surface area contributed by atoms with Crippen molar-refractivity contribution in [3.8, 4) is 5.69 Å². The van der Waals surface area contributed by atoms with E-state index in [0.29, 0.717) is 35.5 Å². The van der Waals surface area contributed by atoms with Crippen LogP contribution in [0.2, 0.25) is 0 Å². The molecule has 1 aromatic heterocycles. The second kappa shape index (κ2) is 11.7. The average molecular weight is 534 g/mol. The minimum Gasteiger partial charge on any atom is -0.383 e. The minimum absolute atomic E-state index is 0.121. The number of rotatable bonds is 9. The number of halogens is 1. The predicted octanol–water partition coefficient (Wildman–Crippen LogP) is 4.88. The number of aryl methyl sites for hydroxylation is 2. The number of hydrogen-bond donors (Lipinski definition) is 1. The maximum Gasteiger partial charge on any atom is 0.266 e. The summed E-state index contributed by atoms with van der Waals surface area (Å²) in [6, 6.07) is 15.8. The number of nitrogens with zero attached hydrogens (tertiary/aromatic N) is 2. The predicted molar refractivity (Wildman–Crippen MR) is 147 cm³/mol. The number of thioether (sulfide) groups is 1. The van der Waals surface area contributed by atoms with Crippen LogP contribution in [0.4, 0.5) is 4.39 Å². The summed E-state index contributed by atoms with van der Waals surface area (Å²) < 4.78 is 20.4. The highest BCUT2D eigenvalue weighted by atomic mass is 32.2. The number of ether oxygens (including phenoxy) is 1. The molecular weight excluding hydrogens is 505 g/mol. The number of ketones is 1. The number of fused-ring (bicyclic) bond motifs is 1. The van der Waals surface area contributed by atoms with Crippen molar-refractivity contribution in [1.82, 2.24) is 14.9 Å². The highest BCUT2D eigenvalue weighted by Gasteiger charge is 2.22. The molecule has 0 aliphatic rings. The van der Waals surface area contributed by atoms with E-state index >= 15 is 0 Å². The second-order valence-corrected chi connectivity index (χ2v) is 10.2. The Bertz CT molecular complexity index is 1580. The van der Waals surface area contributed by atoms with E-state index in [1.807, 2.05) is 26.0 Å². The number of carbonyl (C=O) groups excluding carboxylic acids is 2. The van der Waals surface area contributed by atoms with Gasteiger partial charge in [0, 0.05) is 24.8 Å². The topological polar surface area (TPSA) is 90.3 Å². The van der Waals surface area contributed by atoms with E-state index in [1.54, 1.807) is 32.2 Å². The summed E-state index contributed by atoms with van der Waals surface area (Å²) in [6.07, 6.45) is 0. The monoisotopic (exact) mass is 533 g/mol. The molecule has 4 rings (SSSR count). The molecule has 0 saturated heterocycles. The number of Topliss-reactive ketones (excluding diaryl/α,β-unsaturated/α-hetero) is 1. The number of aromatic nitrogens is 2. The first-order chi connectivity index (χ1) is 18.2. The second-order valence-electron chi connectivity index (χ2n) is 8.92. The van der Waals surface area contributed by atoms with Crippen molar-refractivity contribution in [1.29, 1.82) is 0 Å². The summed E-state index contributed by atoms with van der Waals surface area (Å²) in [4.78, 5) is 44.2. The number of amides is 1. The van der Waals surface area contributed by atoms with E-state index < -0.39 is 16.6 Å². The third-order valence-electron chi connectivity index (χ3n) is 6.20. The highest BCUT2D eigenvalue weighted by Crippen LogP contribution is 2.28. The zero-order valence-corrected chi connectivity index (χ0v) is 22.4. The molecule has 0 saturated carbocycles. The average Bonchev–Trinajstić information content (AvgIpc) is 2.89. The van der Waals surface area contributed by atoms with Gasteiger partial charge in [0.15, 0.2) is 10.9 Å². The number of benzene rings is 3. The molecule has 0 radical (unpaired) electrons. The number of carbonyl (C=O) groups is 2. The van der Waals surface area contributed by atoms with Gasteiger partial charge in [-0.15, -0.1) is 0 Å². The Morgan fingerprint density at radius 1 is 1.05 bits per heavy atom. The summed E-state index contributed by atoms with van der Waals surface area (Å²) in [5.41, 5.74) is 3.14. The molecule has 0 fully saturated rings. The Morgan fingerprint density at radius 2 is 1.82 bits per heavy atom. The normalized spacial score (nSPS) is 11.9. The largest absolute Gasteiger partial charge is 0.383 e. The Kier molecular flexibility index (Phi) is 8.38. The van der Waals surface area contributed by atoms with Crippen molar-refractivity contribution in [2.75, 3.05) is 20.3 Å². The fourth-order valence-corrected chi connectivity index (χ4v) is 4.94.